The fraction of sp³-hybridized carbons (Fsp3) is 0.462. The van der Waals surface area contributed by atoms with E-state index in [2.05, 4.69) is 17.6 Å². The zero-order chi connectivity index (χ0) is 24.8. The van der Waals surface area contributed by atoms with Gasteiger partial charge in [-0.3, -0.25) is 14.9 Å². The largest absolute Gasteiger partial charge is 0.326 e. The highest BCUT2D eigenvalue weighted by Gasteiger charge is 2.29. The molecule has 0 radical (unpaired) electrons. The van der Waals surface area contributed by atoms with Crippen molar-refractivity contribution in [3.05, 3.63) is 59.7 Å². The molecule has 0 aromatic heterocycles. The molecule has 2 aromatic rings. The highest BCUT2D eigenvalue weighted by Crippen LogP contribution is 2.32. The number of anilines is 1. The van der Waals surface area contributed by atoms with Gasteiger partial charge in [0, 0.05) is 30.1 Å². The van der Waals surface area contributed by atoms with E-state index < -0.39 is 9.84 Å². The minimum atomic E-state index is -3.26. The number of amides is 2. The van der Waals surface area contributed by atoms with Gasteiger partial charge in [-0.1, -0.05) is 25.5 Å². The van der Waals surface area contributed by atoms with E-state index in [0.29, 0.717) is 28.6 Å². The Morgan fingerprint density at radius 1 is 1.09 bits per heavy atom. The van der Waals surface area contributed by atoms with Gasteiger partial charge in [-0.25, -0.2) is 8.42 Å². The lowest BCUT2D eigenvalue weighted by molar-refractivity contribution is -0.115. The van der Waals surface area contributed by atoms with E-state index in [1.807, 2.05) is 4.90 Å². The van der Waals surface area contributed by atoms with Crippen molar-refractivity contribution in [1.82, 2.24) is 10.2 Å². The number of hydrogen-bond donors (Lipinski definition) is 2. The van der Waals surface area contributed by atoms with Gasteiger partial charge in [-0.2, -0.15) is 0 Å². The van der Waals surface area contributed by atoms with Gasteiger partial charge in [0.2, 0.25) is 5.91 Å². The van der Waals surface area contributed by atoms with Crippen LogP contribution in [0.1, 0.15) is 48.5 Å². The average molecular weight is 516 g/mol. The van der Waals surface area contributed by atoms with Crippen molar-refractivity contribution >= 4 is 39.1 Å². The van der Waals surface area contributed by atoms with Gasteiger partial charge in [0.25, 0.3) is 5.91 Å². The molecule has 35 heavy (non-hydrogen) atoms. The lowest BCUT2D eigenvalue weighted by Gasteiger charge is -2.28. The Labute approximate surface area is 212 Å². The first-order valence-electron chi connectivity index (χ1n) is 12.2. The second-order valence-electron chi connectivity index (χ2n) is 9.20. The maximum Gasteiger partial charge on any atom is 0.255 e. The molecule has 0 spiro atoms. The highest BCUT2D eigenvalue weighted by molar-refractivity contribution is 8.00. The number of carbonyl (C=O) groups excluding carboxylic acids is 2. The fourth-order valence-corrected chi connectivity index (χ4v) is 6.80. The standard InChI is InChI=1S/C26H33N3O4S2/c1-2-3-15-29(26-27-14-16-34-26)25(31)21-8-10-22(11-9-21)28-24(30)17-19-6-12-23(13-7-19)35(32,33)18-20-4-5-20/h6-13,20,26-27H,2-5,14-18H2,1H3,(H,28,30). The third kappa shape index (κ3) is 7.08. The Bertz CT molecular complexity index is 1120. The molecule has 2 fully saturated rings. The van der Waals surface area contributed by atoms with Crippen molar-refractivity contribution in [3.8, 4) is 0 Å². The van der Waals surface area contributed by atoms with Gasteiger partial charge >= 0.3 is 0 Å². The number of carbonyl (C=O) groups is 2. The van der Waals surface area contributed by atoms with E-state index in [9.17, 15) is 18.0 Å². The summed E-state index contributed by atoms with van der Waals surface area (Å²) in [6, 6.07) is 13.5. The van der Waals surface area contributed by atoms with Gasteiger partial charge < -0.3 is 10.2 Å². The first-order chi connectivity index (χ1) is 16.9. The molecule has 1 heterocycles. The van der Waals surface area contributed by atoms with Crippen LogP contribution >= 0.6 is 11.8 Å². The van der Waals surface area contributed by atoms with Crippen molar-refractivity contribution in [3.63, 3.8) is 0 Å². The van der Waals surface area contributed by atoms with E-state index in [4.69, 9.17) is 0 Å². The van der Waals surface area contributed by atoms with Gasteiger partial charge in [0.1, 0.15) is 5.50 Å². The predicted octanol–water partition coefficient (Wildman–Crippen LogP) is 3.91. The number of nitrogens with zero attached hydrogens (tertiary/aromatic N) is 1. The quantitative estimate of drug-likeness (QED) is 0.471. The third-order valence-corrected chi connectivity index (χ3v) is 9.29. The monoisotopic (exact) mass is 515 g/mol. The molecule has 9 heteroatoms. The molecule has 1 aliphatic carbocycles. The summed E-state index contributed by atoms with van der Waals surface area (Å²) in [7, 11) is -3.26. The zero-order valence-electron chi connectivity index (χ0n) is 20.0. The lowest BCUT2D eigenvalue weighted by atomic mass is 10.1. The van der Waals surface area contributed by atoms with Crippen molar-refractivity contribution in [2.45, 2.75) is 49.4 Å². The summed E-state index contributed by atoms with van der Waals surface area (Å²) in [4.78, 5) is 27.8. The molecule has 7 nitrogen and oxygen atoms in total. The highest BCUT2D eigenvalue weighted by atomic mass is 32.2. The molecule has 1 atom stereocenters. The van der Waals surface area contributed by atoms with Crippen LogP contribution in [0.4, 0.5) is 5.69 Å². The summed E-state index contributed by atoms with van der Waals surface area (Å²) in [5.41, 5.74) is 1.95. The maximum atomic E-state index is 13.1. The SMILES string of the molecule is CCCCN(C(=O)c1ccc(NC(=O)Cc2ccc(S(=O)(=O)CC3CC3)cc2)cc1)C1NCCS1. The van der Waals surface area contributed by atoms with E-state index in [0.717, 1.165) is 43.5 Å². The maximum absolute atomic E-state index is 13.1. The molecule has 1 unspecified atom stereocenters. The summed E-state index contributed by atoms with van der Waals surface area (Å²) in [6.07, 6.45) is 4.08. The smallest absolute Gasteiger partial charge is 0.255 e. The van der Waals surface area contributed by atoms with Crippen LogP contribution in [-0.4, -0.2) is 55.2 Å². The number of thioether (sulfide) groups is 1. The molecule has 1 aliphatic heterocycles. The number of hydrogen-bond acceptors (Lipinski definition) is 6. The fourth-order valence-electron chi connectivity index (χ4n) is 4.02. The molecule has 1 saturated heterocycles. The van der Waals surface area contributed by atoms with Crippen LogP contribution in [0.5, 0.6) is 0 Å². The Hall–Kier alpha value is -2.36. The number of benzene rings is 2. The summed E-state index contributed by atoms with van der Waals surface area (Å²) >= 11 is 1.75. The molecule has 2 amide bonds. The molecule has 188 valence electrons. The van der Waals surface area contributed by atoms with E-state index in [1.165, 1.54) is 0 Å². The van der Waals surface area contributed by atoms with Gasteiger partial charge in [0.15, 0.2) is 9.84 Å². The summed E-state index contributed by atoms with van der Waals surface area (Å²) < 4.78 is 24.8. The van der Waals surface area contributed by atoms with Crippen molar-refractivity contribution in [1.29, 1.82) is 0 Å². The molecule has 1 saturated carbocycles. The predicted molar refractivity (Wildman–Crippen MR) is 140 cm³/mol. The van der Waals surface area contributed by atoms with E-state index in [1.54, 1.807) is 60.3 Å². The molecular formula is C26H33N3O4S2. The number of nitrogens with one attached hydrogen (secondary N) is 2. The molecule has 2 N–H and O–H groups in total. The minimum Gasteiger partial charge on any atom is -0.326 e. The van der Waals surface area contributed by atoms with Gasteiger partial charge in [-0.05, 0) is 67.1 Å². The van der Waals surface area contributed by atoms with Crippen LogP contribution in [0, 0.1) is 5.92 Å². The van der Waals surface area contributed by atoms with Crippen LogP contribution in [0.2, 0.25) is 0 Å². The normalized spacial score (nSPS) is 17.8. The van der Waals surface area contributed by atoms with Crippen LogP contribution in [0.3, 0.4) is 0 Å². The van der Waals surface area contributed by atoms with Gasteiger partial charge in [0.05, 0.1) is 17.1 Å². The van der Waals surface area contributed by atoms with Crippen molar-refractivity contribution in [2.75, 3.05) is 29.9 Å². The Morgan fingerprint density at radius 3 is 2.40 bits per heavy atom. The topological polar surface area (TPSA) is 95.6 Å². The molecule has 2 aromatic carbocycles. The third-order valence-electron chi connectivity index (χ3n) is 6.21. The Balaban J connectivity index is 1.33. The van der Waals surface area contributed by atoms with E-state index in [-0.39, 0.29) is 29.5 Å². The summed E-state index contributed by atoms with van der Waals surface area (Å²) in [6.45, 7) is 3.72. The van der Waals surface area contributed by atoms with Crippen LogP contribution in [0.15, 0.2) is 53.4 Å². The Kier molecular flexibility index (Phi) is 8.51. The second-order valence-corrected chi connectivity index (χ2v) is 12.4. The Morgan fingerprint density at radius 2 is 1.80 bits per heavy atom. The van der Waals surface area contributed by atoms with Crippen molar-refractivity contribution < 1.29 is 18.0 Å². The zero-order valence-corrected chi connectivity index (χ0v) is 21.7. The van der Waals surface area contributed by atoms with E-state index >= 15 is 0 Å². The molecular weight excluding hydrogens is 482 g/mol. The number of rotatable bonds is 11. The molecule has 4 rings (SSSR count). The summed E-state index contributed by atoms with van der Waals surface area (Å²) in [5.74, 6) is 1.28. The average Bonchev–Trinajstić information content (AvgIpc) is 3.47. The molecule has 2 aliphatic rings. The first-order valence-corrected chi connectivity index (χ1v) is 14.9. The number of sulfone groups is 1. The van der Waals surface area contributed by atoms with Crippen LogP contribution < -0.4 is 10.6 Å². The lowest BCUT2D eigenvalue weighted by Crippen LogP contribution is -2.44. The van der Waals surface area contributed by atoms with Gasteiger partial charge in [-0.15, -0.1) is 11.8 Å². The van der Waals surface area contributed by atoms with Crippen LogP contribution in [-0.2, 0) is 21.1 Å². The first kappa shape index (κ1) is 25.7. The number of unbranched alkanes of at least 4 members (excludes halogenated alkanes) is 1. The second kappa shape index (κ2) is 11.6. The minimum absolute atomic E-state index is 0.00325. The molecule has 0 bridgehead atoms. The van der Waals surface area contributed by atoms with Crippen molar-refractivity contribution in [2.24, 2.45) is 5.92 Å². The van der Waals surface area contributed by atoms with Crippen LogP contribution in [0.25, 0.3) is 0 Å². The summed E-state index contributed by atoms with van der Waals surface area (Å²) in [5, 5.41) is 6.23.